The highest BCUT2D eigenvalue weighted by molar-refractivity contribution is 5.91. The second-order valence-electron chi connectivity index (χ2n) is 5.29. The molecule has 1 aliphatic carbocycles. The van der Waals surface area contributed by atoms with Gasteiger partial charge in [-0.15, -0.1) is 0 Å². The van der Waals surface area contributed by atoms with Gasteiger partial charge in [0.2, 0.25) is 0 Å². The highest BCUT2D eigenvalue weighted by Gasteiger charge is 2.28. The van der Waals surface area contributed by atoms with Gasteiger partial charge in [-0.1, -0.05) is 43.7 Å². The van der Waals surface area contributed by atoms with Gasteiger partial charge in [0.25, 0.3) is 0 Å². The summed E-state index contributed by atoms with van der Waals surface area (Å²) in [4.78, 5) is 0. The normalized spacial score (nSPS) is 16.8. The lowest BCUT2D eigenvalue weighted by atomic mass is 9.87. The number of allylic oxidation sites excluding steroid dienone is 1. The van der Waals surface area contributed by atoms with Gasteiger partial charge < -0.3 is 0 Å². The predicted molar refractivity (Wildman–Crippen MR) is 78.3 cm³/mol. The molecule has 0 aromatic heterocycles. The summed E-state index contributed by atoms with van der Waals surface area (Å²) in [7, 11) is 0. The number of hydrogen-bond acceptors (Lipinski definition) is 0. The molecule has 0 N–H and O–H groups in total. The fourth-order valence-electron chi connectivity index (χ4n) is 3.01. The molecular formula is C18H15F3. The zero-order valence-corrected chi connectivity index (χ0v) is 11.7. The predicted octanol–water partition coefficient (Wildman–Crippen LogP) is 5.54. The van der Waals surface area contributed by atoms with Crippen molar-refractivity contribution in [3.05, 3.63) is 70.5 Å². The Labute approximate surface area is 121 Å². The summed E-state index contributed by atoms with van der Waals surface area (Å²) in [6.07, 6.45) is 3.66. The van der Waals surface area contributed by atoms with Gasteiger partial charge in [-0.2, -0.15) is 0 Å². The van der Waals surface area contributed by atoms with E-state index >= 15 is 0 Å². The van der Waals surface area contributed by atoms with Crippen molar-refractivity contribution in [2.45, 2.75) is 25.7 Å². The van der Waals surface area contributed by atoms with Crippen molar-refractivity contribution in [3.8, 4) is 0 Å². The molecule has 0 fully saturated rings. The molecule has 2 aromatic carbocycles. The minimum absolute atomic E-state index is 0.0329. The first-order valence-corrected chi connectivity index (χ1v) is 7.08. The zero-order valence-electron chi connectivity index (χ0n) is 11.7. The molecule has 1 atom stereocenters. The van der Waals surface area contributed by atoms with Crippen LogP contribution in [0.3, 0.4) is 0 Å². The van der Waals surface area contributed by atoms with Crippen molar-refractivity contribution in [3.63, 3.8) is 0 Å². The second-order valence-corrected chi connectivity index (χ2v) is 5.29. The van der Waals surface area contributed by atoms with E-state index < -0.39 is 17.5 Å². The minimum Gasteiger partial charge on any atom is -0.204 e. The average molecular weight is 288 g/mol. The third-order valence-electron chi connectivity index (χ3n) is 3.98. The quantitative estimate of drug-likeness (QED) is 0.650. The fraction of sp³-hybridized carbons (Fsp3) is 0.222. The van der Waals surface area contributed by atoms with E-state index in [9.17, 15) is 13.2 Å². The van der Waals surface area contributed by atoms with Gasteiger partial charge in [-0.05, 0) is 35.3 Å². The largest absolute Gasteiger partial charge is 0.204 e. The first-order valence-electron chi connectivity index (χ1n) is 7.08. The van der Waals surface area contributed by atoms with E-state index in [2.05, 4.69) is 6.92 Å². The maximum absolute atomic E-state index is 14.1. The first kappa shape index (κ1) is 13.9. The van der Waals surface area contributed by atoms with Crippen LogP contribution in [0.1, 0.15) is 42.4 Å². The number of rotatable bonds is 3. The Morgan fingerprint density at radius 2 is 1.71 bits per heavy atom. The molecule has 21 heavy (non-hydrogen) atoms. The van der Waals surface area contributed by atoms with Crippen molar-refractivity contribution < 1.29 is 13.2 Å². The molecule has 3 rings (SSSR count). The van der Waals surface area contributed by atoms with Crippen LogP contribution >= 0.6 is 0 Å². The highest BCUT2D eigenvalue weighted by Crippen LogP contribution is 2.45. The van der Waals surface area contributed by atoms with Crippen molar-refractivity contribution in [2.75, 3.05) is 0 Å². The van der Waals surface area contributed by atoms with Gasteiger partial charge in [0.05, 0.1) is 0 Å². The second kappa shape index (κ2) is 5.40. The average Bonchev–Trinajstić information content (AvgIpc) is 2.84. The Hall–Kier alpha value is -2.03. The molecule has 0 spiro atoms. The van der Waals surface area contributed by atoms with Gasteiger partial charge in [-0.3, -0.25) is 0 Å². The Morgan fingerprint density at radius 1 is 0.952 bits per heavy atom. The van der Waals surface area contributed by atoms with E-state index in [1.165, 1.54) is 6.07 Å². The van der Waals surface area contributed by atoms with Crippen LogP contribution in [0, 0.1) is 17.5 Å². The lowest BCUT2D eigenvalue weighted by molar-refractivity contribution is 0.445. The summed E-state index contributed by atoms with van der Waals surface area (Å²) >= 11 is 0. The maximum atomic E-state index is 14.1. The van der Waals surface area contributed by atoms with Crippen molar-refractivity contribution in [1.29, 1.82) is 0 Å². The molecule has 0 amide bonds. The van der Waals surface area contributed by atoms with Crippen molar-refractivity contribution in [1.82, 2.24) is 0 Å². The highest BCUT2D eigenvalue weighted by atomic mass is 19.2. The van der Waals surface area contributed by atoms with Crippen LogP contribution in [0.15, 0.2) is 36.4 Å². The van der Waals surface area contributed by atoms with E-state index in [1.807, 2.05) is 30.3 Å². The first-order chi connectivity index (χ1) is 10.1. The molecule has 0 saturated heterocycles. The van der Waals surface area contributed by atoms with Crippen LogP contribution in [0.5, 0.6) is 0 Å². The lowest BCUT2D eigenvalue weighted by Crippen LogP contribution is -2.03. The Morgan fingerprint density at radius 3 is 2.48 bits per heavy atom. The van der Waals surface area contributed by atoms with Crippen LogP contribution in [0.25, 0.3) is 11.6 Å². The Balaban J connectivity index is 2.13. The van der Waals surface area contributed by atoms with E-state index in [0.717, 1.165) is 35.6 Å². The molecule has 108 valence electrons. The van der Waals surface area contributed by atoms with Gasteiger partial charge >= 0.3 is 0 Å². The molecule has 3 heteroatoms. The number of fused-ring (bicyclic) bond motifs is 1. The number of hydrogen-bond donors (Lipinski definition) is 0. The van der Waals surface area contributed by atoms with E-state index in [-0.39, 0.29) is 11.5 Å². The van der Waals surface area contributed by atoms with Gasteiger partial charge in [0.1, 0.15) is 0 Å². The molecule has 0 aliphatic heterocycles. The van der Waals surface area contributed by atoms with Crippen molar-refractivity contribution in [2.24, 2.45) is 0 Å². The van der Waals surface area contributed by atoms with Crippen molar-refractivity contribution >= 4 is 11.6 Å². The molecule has 0 heterocycles. The van der Waals surface area contributed by atoms with Gasteiger partial charge in [0.15, 0.2) is 17.5 Å². The van der Waals surface area contributed by atoms with Crippen LogP contribution in [-0.2, 0) is 0 Å². The van der Waals surface area contributed by atoms with Crippen LogP contribution < -0.4 is 0 Å². The minimum atomic E-state index is -1.40. The molecule has 0 nitrogen and oxygen atoms in total. The van der Waals surface area contributed by atoms with E-state index in [1.54, 1.807) is 0 Å². The fourth-order valence-corrected chi connectivity index (χ4v) is 3.01. The summed E-state index contributed by atoms with van der Waals surface area (Å²) in [5.41, 5.74) is 3.03. The molecule has 1 aliphatic rings. The Kier molecular flexibility index (Phi) is 3.58. The Bertz CT molecular complexity index is 716. The smallest absolute Gasteiger partial charge is 0.195 e. The summed E-state index contributed by atoms with van der Waals surface area (Å²) in [5.74, 6) is -3.63. The SMILES string of the molecule is CCCC1C(c2ccc(F)c(F)c2F)=Cc2ccccc21. The van der Waals surface area contributed by atoms with Gasteiger partial charge in [-0.25, -0.2) is 13.2 Å². The molecule has 0 bridgehead atoms. The van der Waals surface area contributed by atoms with E-state index in [4.69, 9.17) is 0 Å². The topological polar surface area (TPSA) is 0 Å². The monoisotopic (exact) mass is 288 g/mol. The molecule has 0 radical (unpaired) electrons. The zero-order chi connectivity index (χ0) is 15.0. The summed E-state index contributed by atoms with van der Waals surface area (Å²) in [6.45, 7) is 2.06. The van der Waals surface area contributed by atoms with Crippen LogP contribution in [0.2, 0.25) is 0 Å². The van der Waals surface area contributed by atoms with Crippen LogP contribution in [0.4, 0.5) is 13.2 Å². The molecular weight excluding hydrogens is 273 g/mol. The van der Waals surface area contributed by atoms with Crippen LogP contribution in [-0.4, -0.2) is 0 Å². The summed E-state index contributed by atoms with van der Waals surface area (Å²) < 4.78 is 40.7. The maximum Gasteiger partial charge on any atom is 0.195 e. The third-order valence-corrected chi connectivity index (χ3v) is 3.98. The lowest BCUT2D eigenvalue weighted by Gasteiger charge is -2.17. The summed E-state index contributed by atoms with van der Waals surface area (Å²) in [6, 6.07) is 10.1. The van der Waals surface area contributed by atoms with E-state index in [0.29, 0.717) is 0 Å². The summed E-state index contributed by atoms with van der Waals surface area (Å²) in [5, 5.41) is 0. The molecule has 2 aromatic rings. The third kappa shape index (κ3) is 2.27. The molecule has 0 saturated carbocycles. The van der Waals surface area contributed by atoms with Gasteiger partial charge in [0, 0.05) is 11.5 Å². The molecule has 1 unspecified atom stereocenters. The standard InChI is InChI=1S/C18H15F3/c1-2-5-13-12-7-4-3-6-11(12)10-15(13)14-8-9-16(19)18(21)17(14)20/h3-4,6-10,13H,2,5H2,1H3. The number of benzene rings is 2. The number of halogens is 3.